The van der Waals surface area contributed by atoms with Gasteiger partial charge in [0.25, 0.3) is 0 Å². The van der Waals surface area contributed by atoms with Crippen LogP contribution in [0.25, 0.3) is 0 Å². The highest BCUT2D eigenvalue weighted by Gasteiger charge is 2.01. The standard InChI is InChI=1S/C7H15NO/c1-5(2)9-7(4)6(3)8/h5-6H,4,8H2,1-3H3. The Balaban J connectivity index is 3.51. The third kappa shape index (κ3) is 4.03. The van der Waals surface area contributed by atoms with Crippen LogP contribution in [-0.4, -0.2) is 12.1 Å². The quantitative estimate of drug-likeness (QED) is 0.582. The van der Waals surface area contributed by atoms with E-state index in [1.807, 2.05) is 20.8 Å². The van der Waals surface area contributed by atoms with Gasteiger partial charge in [0.1, 0.15) is 5.76 Å². The molecule has 0 aliphatic carbocycles. The van der Waals surface area contributed by atoms with Gasteiger partial charge >= 0.3 is 0 Å². The SMILES string of the molecule is C=C(OC(C)C)C(C)N. The fraction of sp³-hybridized carbons (Fsp3) is 0.714. The van der Waals surface area contributed by atoms with E-state index in [2.05, 4.69) is 6.58 Å². The molecule has 1 atom stereocenters. The second-order valence-electron chi connectivity index (χ2n) is 2.42. The van der Waals surface area contributed by atoms with Crippen LogP contribution in [0.2, 0.25) is 0 Å². The Labute approximate surface area is 56.7 Å². The molecule has 0 rings (SSSR count). The van der Waals surface area contributed by atoms with Crippen molar-refractivity contribution < 1.29 is 4.74 Å². The van der Waals surface area contributed by atoms with Crippen molar-refractivity contribution in [3.63, 3.8) is 0 Å². The first-order valence-electron chi connectivity index (χ1n) is 3.15. The summed E-state index contributed by atoms with van der Waals surface area (Å²) in [5.41, 5.74) is 5.46. The first-order valence-corrected chi connectivity index (χ1v) is 3.15. The van der Waals surface area contributed by atoms with Gasteiger partial charge in [-0.2, -0.15) is 0 Å². The van der Waals surface area contributed by atoms with Gasteiger partial charge in [-0.05, 0) is 20.8 Å². The molecule has 0 bridgehead atoms. The maximum atomic E-state index is 5.46. The molecule has 0 fully saturated rings. The van der Waals surface area contributed by atoms with E-state index < -0.39 is 0 Å². The van der Waals surface area contributed by atoms with Crippen molar-refractivity contribution in [3.8, 4) is 0 Å². The molecule has 0 aliphatic rings. The molecule has 9 heavy (non-hydrogen) atoms. The molecule has 0 amide bonds. The van der Waals surface area contributed by atoms with Crippen LogP contribution in [0.1, 0.15) is 20.8 Å². The summed E-state index contributed by atoms with van der Waals surface area (Å²) < 4.78 is 5.19. The number of nitrogens with two attached hydrogens (primary N) is 1. The molecule has 0 aromatic heterocycles. The minimum Gasteiger partial charge on any atom is -0.494 e. The first kappa shape index (κ1) is 8.50. The van der Waals surface area contributed by atoms with Crippen LogP contribution in [0.3, 0.4) is 0 Å². The van der Waals surface area contributed by atoms with Crippen molar-refractivity contribution in [3.05, 3.63) is 12.3 Å². The number of hydrogen-bond acceptors (Lipinski definition) is 2. The normalized spacial score (nSPS) is 13.4. The number of hydrogen-bond donors (Lipinski definition) is 1. The summed E-state index contributed by atoms with van der Waals surface area (Å²) in [5, 5.41) is 0. The predicted octanol–water partition coefficient (Wildman–Crippen LogP) is 1.27. The monoisotopic (exact) mass is 129 g/mol. The van der Waals surface area contributed by atoms with E-state index in [0.717, 1.165) is 0 Å². The average molecular weight is 129 g/mol. The highest BCUT2D eigenvalue weighted by atomic mass is 16.5. The Bertz CT molecular complexity index is 97.1. The fourth-order valence-corrected chi connectivity index (χ4v) is 0.410. The van der Waals surface area contributed by atoms with Gasteiger partial charge in [-0.3, -0.25) is 0 Å². The molecule has 0 aliphatic heterocycles. The van der Waals surface area contributed by atoms with E-state index in [9.17, 15) is 0 Å². The van der Waals surface area contributed by atoms with Crippen molar-refractivity contribution in [2.24, 2.45) is 5.73 Å². The van der Waals surface area contributed by atoms with Crippen LogP contribution < -0.4 is 5.73 Å². The van der Waals surface area contributed by atoms with Crippen molar-refractivity contribution in [1.29, 1.82) is 0 Å². The molecule has 54 valence electrons. The third-order valence-corrected chi connectivity index (χ3v) is 0.895. The summed E-state index contributed by atoms with van der Waals surface area (Å²) in [5.74, 6) is 0.657. The Morgan fingerprint density at radius 2 is 1.89 bits per heavy atom. The highest BCUT2D eigenvalue weighted by Crippen LogP contribution is 2.01. The maximum Gasteiger partial charge on any atom is 0.106 e. The van der Waals surface area contributed by atoms with Crippen LogP contribution in [0, 0.1) is 0 Å². The Hall–Kier alpha value is -0.500. The summed E-state index contributed by atoms with van der Waals surface area (Å²) in [6.07, 6.45) is 0.184. The predicted molar refractivity (Wildman–Crippen MR) is 39.0 cm³/mol. The lowest BCUT2D eigenvalue weighted by Crippen LogP contribution is -2.21. The molecule has 0 saturated heterocycles. The average Bonchev–Trinajstić information content (AvgIpc) is 1.63. The summed E-state index contributed by atoms with van der Waals surface area (Å²) in [7, 11) is 0. The first-order chi connectivity index (χ1) is 4.04. The van der Waals surface area contributed by atoms with E-state index in [0.29, 0.717) is 5.76 Å². The molecule has 2 heteroatoms. The molecule has 0 saturated carbocycles. The van der Waals surface area contributed by atoms with Crippen molar-refractivity contribution in [1.82, 2.24) is 0 Å². The minimum atomic E-state index is -0.0626. The fourth-order valence-electron chi connectivity index (χ4n) is 0.410. The molecule has 2 nitrogen and oxygen atoms in total. The largest absolute Gasteiger partial charge is 0.494 e. The van der Waals surface area contributed by atoms with Crippen molar-refractivity contribution >= 4 is 0 Å². The molecule has 2 N–H and O–H groups in total. The zero-order valence-electron chi connectivity index (χ0n) is 6.35. The second kappa shape index (κ2) is 3.51. The van der Waals surface area contributed by atoms with Gasteiger partial charge in [0.15, 0.2) is 0 Å². The molecule has 0 spiro atoms. The molecular weight excluding hydrogens is 114 g/mol. The number of ether oxygens (including phenoxy) is 1. The van der Waals surface area contributed by atoms with E-state index >= 15 is 0 Å². The maximum absolute atomic E-state index is 5.46. The number of rotatable bonds is 3. The zero-order chi connectivity index (χ0) is 7.44. The summed E-state index contributed by atoms with van der Waals surface area (Å²) in [6, 6.07) is -0.0626. The Morgan fingerprint density at radius 1 is 1.44 bits per heavy atom. The van der Waals surface area contributed by atoms with Crippen LogP contribution in [0.15, 0.2) is 12.3 Å². The van der Waals surface area contributed by atoms with E-state index in [4.69, 9.17) is 10.5 Å². The van der Waals surface area contributed by atoms with Crippen LogP contribution in [0.4, 0.5) is 0 Å². The molecule has 0 radical (unpaired) electrons. The van der Waals surface area contributed by atoms with Gasteiger partial charge in [-0.15, -0.1) is 0 Å². The van der Waals surface area contributed by atoms with E-state index in [1.165, 1.54) is 0 Å². The van der Waals surface area contributed by atoms with Crippen LogP contribution >= 0.6 is 0 Å². The lowest BCUT2D eigenvalue weighted by Gasteiger charge is -2.14. The van der Waals surface area contributed by atoms with Crippen molar-refractivity contribution in [2.75, 3.05) is 0 Å². The highest BCUT2D eigenvalue weighted by molar-refractivity contribution is 4.92. The minimum absolute atomic E-state index is 0.0626. The topological polar surface area (TPSA) is 35.2 Å². The van der Waals surface area contributed by atoms with Gasteiger partial charge in [0.2, 0.25) is 0 Å². The van der Waals surface area contributed by atoms with Crippen LogP contribution in [0.5, 0.6) is 0 Å². The van der Waals surface area contributed by atoms with Gasteiger partial charge in [0.05, 0.1) is 12.1 Å². The third-order valence-electron chi connectivity index (χ3n) is 0.895. The van der Waals surface area contributed by atoms with E-state index in [1.54, 1.807) is 0 Å². The van der Waals surface area contributed by atoms with E-state index in [-0.39, 0.29) is 12.1 Å². The lowest BCUT2D eigenvalue weighted by atomic mass is 10.3. The van der Waals surface area contributed by atoms with Crippen LogP contribution in [-0.2, 0) is 4.74 Å². The molecule has 1 unspecified atom stereocenters. The molecule has 0 heterocycles. The van der Waals surface area contributed by atoms with Gasteiger partial charge in [-0.25, -0.2) is 0 Å². The molecule has 0 aromatic rings. The van der Waals surface area contributed by atoms with Gasteiger partial charge < -0.3 is 10.5 Å². The van der Waals surface area contributed by atoms with Crippen molar-refractivity contribution in [2.45, 2.75) is 32.9 Å². The molecule has 0 aromatic carbocycles. The Morgan fingerprint density at radius 3 is 2.00 bits per heavy atom. The second-order valence-corrected chi connectivity index (χ2v) is 2.42. The lowest BCUT2D eigenvalue weighted by molar-refractivity contribution is 0.136. The summed E-state index contributed by atoms with van der Waals surface area (Å²) in [4.78, 5) is 0. The molecular formula is C7H15NO. The Kier molecular flexibility index (Phi) is 3.32. The zero-order valence-corrected chi connectivity index (χ0v) is 6.35. The summed E-state index contributed by atoms with van der Waals surface area (Å²) in [6.45, 7) is 9.40. The van der Waals surface area contributed by atoms with Gasteiger partial charge in [0, 0.05) is 0 Å². The smallest absolute Gasteiger partial charge is 0.106 e. The van der Waals surface area contributed by atoms with Gasteiger partial charge in [-0.1, -0.05) is 6.58 Å². The summed E-state index contributed by atoms with van der Waals surface area (Å²) >= 11 is 0.